The second-order valence-corrected chi connectivity index (χ2v) is 5.90. The molecule has 0 saturated carbocycles. The number of rotatable bonds is 4. The largest absolute Gasteiger partial charge is 0.332 e. The van der Waals surface area contributed by atoms with Crippen LogP contribution < -0.4 is 11.1 Å². The highest BCUT2D eigenvalue weighted by molar-refractivity contribution is 5.96. The van der Waals surface area contributed by atoms with E-state index in [0.717, 1.165) is 19.4 Å². The lowest BCUT2D eigenvalue weighted by atomic mass is 10.0. The molecule has 0 spiro atoms. The molecule has 25 heavy (non-hydrogen) atoms. The Morgan fingerprint density at radius 1 is 1.08 bits per heavy atom. The summed E-state index contributed by atoms with van der Waals surface area (Å²) in [6, 6.07) is 17.2. The number of nitrogens with two attached hydrogens (primary N) is 1. The van der Waals surface area contributed by atoms with Crippen LogP contribution in [0.4, 0.5) is 5.69 Å². The normalized spacial score (nSPS) is 16.2. The van der Waals surface area contributed by atoms with Crippen LogP contribution in [-0.2, 0) is 4.79 Å². The first-order chi connectivity index (χ1) is 11.7. The number of hydrogen-bond donors (Lipinski definition) is 2. The molecule has 1 saturated heterocycles. The average molecular weight is 360 g/mol. The van der Waals surface area contributed by atoms with Gasteiger partial charge in [-0.25, -0.2) is 0 Å². The molecule has 1 atom stereocenters. The van der Waals surface area contributed by atoms with Crippen molar-refractivity contribution in [3.05, 3.63) is 65.7 Å². The van der Waals surface area contributed by atoms with Crippen LogP contribution >= 0.6 is 12.4 Å². The van der Waals surface area contributed by atoms with Crippen LogP contribution in [0.3, 0.4) is 0 Å². The Morgan fingerprint density at radius 2 is 1.76 bits per heavy atom. The summed E-state index contributed by atoms with van der Waals surface area (Å²) in [7, 11) is 0. The average Bonchev–Trinajstić information content (AvgIpc) is 3.12. The van der Waals surface area contributed by atoms with Crippen molar-refractivity contribution in [3.63, 3.8) is 0 Å². The summed E-state index contributed by atoms with van der Waals surface area (Å²) in [4.78, 5) is 26.1. The van der Waals surface area contributed by atoms with E-state index in [1.54, 1.807) is 24.3 Å². The third kappa shape index (κ3) is 4.38. The number of carbonyl (C=O) groups excluding carboxylic acids is 2. The lowest BCUT2D eigenvalue weighted by molar-refractivity contribution is -0.114. The first-order valence-electron chi connectivity index (χ1n) is 8.15. The van der Waals surface area contributed by atoms with Crippen LogP contribution in [0.15, 0.2) is 54.6 Å². The predicted octanol–water partition coefficient (Wildman–Crippen LogP) is 2.98. The summed E-state index contributed by atoms with van der Waals surface area (Å²) in [5.41, 5.74) is 7.72. The summed E-state index contributed by atoms with van der Waals surface area (Å²) in [6.45, 7) is 0.706. The van der Waals surface area contributed by atoms with Crippen molar-refractivity contribution in [1.29, 1.82) is 0 Å². The van der Waals surface area contributed by atoms with Gasteiger partial charge in [0, 0.05) is 17.8 Å². The van der Waals surface area contributed by atoms with Crippen molar-refractivity contribution < 1.29 is 9.59 Å². The topological polar surface area (TPSA) is 75.4 Å². The minimum atomic E-state index is -0.252. The molecule has 3 rings (SSSR count). The third-order valence-corrected chi connectivity index (χ3v) is 4.30. The van der Waals surface area contributed by atoms with Gasteiger partial charge in [0.05, 0.1) is 12.6 Å². The molecule has 1 aliphatic heterocycles. The van der Waals surface area contributed by atoms with Crippen molar-refractivity contribution in [2.24, 2.45) is 5.73 Å². The molecule has 0 bridgehead atoms. The van der Waals surface area contributed by atoms with Crippen molar-refractivity contribution in [2.45, 2.75) is 18.9 Å². The van der Waals surface area contributed by atoms with E-state index in [1.165, 1.54) is 5.56 Å². The molecule has 1 aliphatic rings. The van der Waals surface area contributed by atoms with E-state index in [2.05, 4.69) is 17.4 Å². The maximum absolute atomic E-state index is 12.8. The second kappa shape index (κ2) is 8.65. The highest BCUT2D eigenvalue weighted by atomic mass is 35.5. The van der Waals surface area contributed by atoms with E-state index in [9.17, 15) is 9.59 Å². The molecule has 0 radical (unpaired) electrons. The van der Waals surface area contributed by atoms with Gasteiger partial charge in [0.25, 0.3) is 5.91 Å². The number of nitrogens with zero attached hydrogens (tertiary/aromatic N) is 1. The maximum Gasteiger partial charge on any atom is 0.254 e. The maximum atomic E-state index is 12.8. The molecule has 0 aromatic heterocycles. The fourth-order valence-electron chi connectivity index (χ4n) is 3.11. The van der Waals surface area contributed by atoms with Gasteiger partial charge in [-0.2, -0.15) is 0 Å². The zero-order valence-corrected chi connectivity index (χ0v) is 14.7. The number of hydrogen-bond acceptors (Lipinski definition) is 3. The molecule has 2 aromatic carbocycles. The van der Waals surface area contributed by atoms with E-state index in [-0.39, 0.29) is 36.8 Å². The fourth-order valence-corrected chi connectivity index (χ4v) is 3.11. The minimum Gasteiger partial charge on any atom is -0.332 e. The zero-order valence-electron chi connectivity index (χ0n) is 13.9. The third-order valence-electron chi connectivity index (χ3n) is 4.30. The molecule has 6 heteroatoms. The highest BCUT2D eigenvalue weighted by Crippen LogP contribution is 2.33. The van der Waals surface area contributed by atoms with Crippen molar-refractivity contribution in [2.75, 3.05) is 18.4 Å². The highest BCUT2D eigenvalue weighted by Gasteiger charge is 2.30. The van der Waals surface area contributed by atoms with E-state index in [1.807, 2.05) is 23.1 Å². The number of halogens is 1. The second-order valence-electron chi connectivity index (χ2n) is 5.90. The lowest BCUT2D eigenvalue weighted by Gasteiger charge is -2.25. The number of carbonyl (C=O) groups is 2. The van der Waals surface area contributed by atoms with Gasteiger partial charge in [0.15, 0.2) is 0 Å². The van der Waals surface area contributed by atoms with Gasteiger partial charge < -0.3 is 16.0 Å². The van der Waals surface area contributed by atoms with Crippen LogP contribution in [0.25, 0.3) is 0 Å². The van der Waals surface area contributed by atoms with Crippen LogP contribution in [0.2, 0.25) is 0 Å². The summed E-state index contributed by atoms with van der Waals surface area (Å²) >= 11 is 0. The molecular weight excluding hydrogens is 338 g/mol. The molecular formula is C19H22ClN3O2. The van der Waals surface area contributed by atoms with E-state index >= 15 is 0 Å². The van der Waals surface area contributed by atoms with E-state index in [4.69, 9.17) is 5.73 Å². The number of benzene rings is 2. The summed E-state index contributed by atoms with van der Waals surface area (Å²) in [5, 5.41) is 2.67. The Hall–Kier alpha value is -2.37. The number of nitrogens with one attached hydrogen (secondary N) is 1. The van der Waals surface area contributed by atoms with Crippen LogP contribution in [0.5, 0.6) is 0 Å². The van der Waals surface area contributed by atoms with Crippen molar-refractivity contribution in [3.8, 4) is 0 Å². The zero-order chi connectivity index (χ0) is 16.9. The quantitative estimate of drug-likeness (QED) is 0.881. The molecule has 0 aliphatic carbocycles. The Labute approximate surface area is 153 Å². The van der Waals surface area contributed by atoms with Gasteiger partial charge in [0.1, 0.15) is 0 Å². The van der Waals surface area contributed by atoms with Gasteiger partial charge in [-0.3, -0.25) is 9.59 Å². The number of amides is 2. The molecule has 2 amide bonds. The lowest BCUT2D eigenvalue weighted by Crippen LogP contribution is -2.30. The molecule has 1 fully saturated rings. The Morgan fingerprint density at radius 3 is 2.40 bits per heavy atom. The molecule has 132 valence electrons. The van der Waals surface area contributed by atoms with Crippen molar-refractivity contribution >= 4 is 29.9 Å². The van der Waals surface area contributed by atoms with Crippen LogP contribution in [-0.4, -0.2) is 29.8 Å². The Balaban J connectivity index is 0.00000225. The number of anilines is 1. The molecule has 1 heterocycles. The van der Waals surface area contributed by atoms with Crippen molar-refractivity contribution in [1.82, 2.24) is 4.90 Å². The number of likely N-dealkylation sites (tertiary alicyclic amines) is 1. The Bertz CT molecular complexity index is 719. The minimum absolute atomic E-state index is 0. The summed E-state index contributed by atoms with van der Waals surface area (Å²) < 4.78 is 0. The van der Waals surface area contributed by atoms with Crippen LogP contribution in [0, 0.1) is 0 Å². The van der Waals surface area contributed by atoms with E-state index < -0.39 is 0 Å². The first-order valence-corrected chi connectivity index (χ1v) is 8.15. The predicted molar refractivity (Wildman–Crippen MR) is 101 cm³/mol. The van der Waals surface area contributed by atoms with Gasteiger partial charge in [0.2, 0.25) is 5.91 Å². The molecule has 1 unspecified atom stereocenters. The van der Waals surface area contributed by atoms with Gasteiger partial charge in [-0.05, 0) is 42.7 Å². The first kappa shape index (κ1) is 19.0. The SMILES string of the molecule is Cl.NCC(=O)Nc1ccc(C(=O)N2CCCC2c2ccccc2)cc1. The monoisotopic (exact) mass is 359 g/mol. The molecule has 5 nitrogen and oxygen atoms in total. The summed E-state index contributed by atoms with van der Waals surface area (Å²) in [6.07, 6.45) is 2.00. The molecule has 3 N–H and O–H groups in total. The van der Waals surface area contributed by atoms with Gasteiger partial charge in [-0.1, -0.05) is 30.3 Å². The van der Waals surface area contributed by atoms with Gasteiger partial charge >= 0.3 is 0 Å². The Kier molecular flexibility index (Phi) is 6.56. The van der Waals surface area contributed by atoms with Crippen LogP contribution in [0.1, 0.15) is 34.8 Å². The smallest absolute Gasteiger partial charge is 0.254 e. The van der Waals surface area contributed by atoms with E-state index in [0.29, 0.717) is 11.3 Å². The fraction of sp³-hybridized carbons (Fsp3) is 0.263. The standard InChI is InChI=1S/C19H21N3O2.ClH/c20-13-18(23)21-16-10-8-15(9-11-16)19(24)22-12-4-7-17(22)14-5-2-1-3-6-14;/h1-3,5-6,8-11,17H,4,7,12-13,20H2,(H,21,23);1H. The molecule has 2 aromatic rings. The summed E-state index contributed by atoms with van der Waals surface area (Å²) in [5.74, 6) is -0.226. The van der Waals surface area contributed by atoms with Gasteiger partial charge in [-0.15, -0.1) is 12.4 Å².